The number of hydrogen-bond acceptors (Lipinski definition) is 3. The highest BCUT2D eigenvalue weighted by Gasteiger charge is 2.21. The van der Waals surface area contributed by atoms with E-state index in [1.54, 1.807) is 24.3 Å². The number of ether oxygens (including phenoxy) is 1. The highest BCUT2D eigenvalue weighted by atomic mass is 19.1. The lowest BCUT2D eigenvalue weighted by molar-refractivity contribution is -0.122. The number of hydrogen-bond donors (Lipinski definition) is 2. The van der Waals surface area contributed by atoms with Gasteiger partial charge >= 0.3 is 0 Å². The Morgan fingerprint density at radius 1 is 0.935 bits per heavy atom. The first-order valence-electron chi connectivity index (χ1n) is 10.2. The van der Waals surface area contributed by atoms with E-state index in [4.69, 9.17) is 4.74 Å². The largest absolute Gasteiger partial charge is 0.481 e. The second-order valence-electron chi connectivity index (χ2n) is 6.99. The van der Waals surface area contributed by atoms with Crippen molar-refractivity contribution in [1.29, 1.82) is 0 Å². The fourth-order valence-corrected chi connectivity index (χ4v) is 3.06. The number of rotatable bonds is 9. The van der Waals surface area contributed by atoms with Gasteiger partial charge in [0.2, 0.25) is 0 Å². The van der Waals surface area contributed by atoms with Crippen molar-refractivity contribution in [3.8, 4) is 5.75 Å². The maximum Gasteiger partial charge on any atom is 0.265 e. The maximum atomic E-state index is 13.1. The molecule has 2 N–H and O–H groups in total. The zero-order valence-corrected chi connectivity index (χ0v) is 17.3. The first kappa shape index (κ1) is 22.0. The molecular formula is C25H25FN2O3. The molecule has 3 aromatic rings. The normalized spacial score (nSPS) is 11.4. The Kier molecular flexibility index (Phi) is 7.76. The molecule has 2 amide bonds. The van der Waals surface area contributed by atoms with E-state index in [1.807, 2.05) is 37.3 Å². The van der Waals surface area contributed by atoms with Crippen LogP contribution in [-0.2, 0) is 11.2 Å². The summed E-state index contributed by atoms with van der Waals surface area (Å²) in [6.07, 6.45) is 0.346. The summed E-state index contributed by atoms with van der Waals surface area (Å²) in [4.78, 5) is 25.4. The third-order valence-electron chi connectivity index (χ3n) is 4.73. The highest BCUT2D eigenvalue weighted by Crippen LogP contribution is 2.18. The Bertz CT molecular complexity index is 1010. The molecule has 3 aromatic carbocycles. The van der Waals surface area contributed by atoms with Crippen molar-refractivity contribution in [1.82, 2.24) is 5.32 Å². The lowest BCUT2D eigenvalue weighted by Crippen LogP contribution is -2.33. The van der Waals surface area contributed by atoms with E-state index in [-0.39, 0.29) is 17.6 Å². The SMILES string of the molecule is CC[C@@H](Oc1ccc(F)cc1)C(=O)Nc1ccccc1C(=O)NCCc1ccccc1. The van der Waals surface area contributed by atoms with E-state index < -0.39 is 6.10 Å². The minimum atomic E-state index is -0.778. The van der Waals surface area contributed by atoms with Crippen molar-refractivity contribution in [2.24, 2.45) is 0 Å². The predicted octanol–water partition coefficient (Wildman–Crippen LogP) is 4.59. The number of carbonyl (C=O) groups excluding carboxylic acids is 2. The second-order valence-corrected chi connectivity index (χ2v) is 6.99. The Morgan fingerprint density at radius 3 is 2.32 bits per heavy atom. The van der Waals surface area contributed by atoms with Crippen LogP contribution in [0.25, 0.3) is 0 Å². The van der Waals surface area contributed by atoms with E-state index >= 15 is 0 Å². The van der Waals surface area contributed by atoms with Crippen LogP contribution < -0.4 is 15.4 Å². The molecule has 0 saturated carbocycles. The minimum Gasteiger partial charge on any atom is -0.481 e. The lowest BCUT2D eigenvalue weighted by Gasteiger charge is -2.18. The molecule has 1 atom stereocenters. The summed E-state index contributed by atoms with van der Waals surface area (Å²) in [5.74, 6) is -0.622. The van der Waals surface area contributed by atoms with Crippen molar-refractivity contribution >= 4 is 17.5 Å². The summed E-state index contributed by atoms with van der Waals surface area (Å²) < 4.78 is 18.8. The molecule has 0 aromatic heterocycles. The van der Waals surface area contributed by atoms with Crippen LogP contribution in [0.15, 0.2) is 78.9 Å². The van der Waals surface area contributed by atoms with Gasteiger partial charge in [-0.25, -0.2) is 4.39 Å². The van der Waals surface area contributed by atoms with Gasteiger partial charge < -0.3 is 15.4 Å². The summed E-state index contributed by atoms with van der Waals surface area (Å²) in [5, 5.41) is 5.68. The quantitative estimate of drug-likeness (QED) is 0.532. The number of amides is 2. The van der Waals surface area contributed by atoms with E-state index in [9.17, 15) is 14.0 Å². The zero-order chi connectivity index (χ0) is 22.1. The number of anilines is 1. The number of halogens is 1. The number of nitrogens with one attached hydrogen (secondary N) is 2. The average molecular weight is 420 g/mol. The van der Waals surface area contributed by atoms with Gasteiger partial charge in [-0.3, -0.25) is 9.59 Å². The van der Waals surface area contributed by atoms with Crippen LogP contribution in [0, 0.1) is 5.82 Å². The Hall–Kier alpha value is -3.67. The highest BCUT2D eigenvalue weighted by molar-refractivity contribution is 6.04. The van der Waals surface area contributed by atoms with Crippen LogP contribution in [0.4, 0.5) is 10.1 Å². The first-order valence-corrected chi connectivity index (χ1v) is 10.2. The van der Waals surface area contributed by atoms with Crippen LogP contribution in [-0.4, -0.2) is 24.5 Å². The Balaban J connectivity index is 1.62. The van der Waals surface area contributed by atoms with Crippen LogP contribution >= 0.6 is 0 Å². The van der Waals surface area contributed by atoms with Crippen molar-refractivity contribution in [3.63, 3.8) is 0 Å². The topological polar surface area (TPSA) is 67.4 Å². The van der Waals surface area contributed by atoms with E-state index in [0.717, 1.165) is 5.56 Å². The molecule has 0 aliphatic heterocycles. The summed E-state index contributed by atoms with van der Waals surface area (Å²) >= 11 is 0. The monoisotopic (exact) mass is 420 g/mol. The van der Waals surface area contributed by atoms with Crippen LogP contribution in [0.3, 0.4) is 0 Å². The van der Waals surface area contributed by atoms with Gasteiger partial charge in [0.25, 0.3) is 11.8 Å². The standard InChI is InChI=1S/C25H25FN2O3/c1-2-23(31-20-14-12-19(26)13-15-20)25(30)28-22-11-7-6-10-21(22)24(29)27-17-16-18-8-4-3-5-9-18/h3-15,23H,2,16-17H2,1H3,(H,27,29)(H,28,30)/t23-/m1/s1. The molecule has 0 saturated heterocycles. The Labute approximate surface area is 181 Å². The molecule has 0 aliphatic carbocycles. The number of para-hydroxylation sites is 1. The van der Waals surface area contributed by atoms with Crippen molar-refractivity contribution < 1.29 is 18.7 Å². The summed E-state index contributed by atoms with van der Waals surface area (Å²) in [5.41, 5.74) is 1.92. The van der Waals surface area contributed by atoms with Gasteiger partial charge in [0, 0.05) is 6.54 Å². The second kappa shape index (κ2) is 10.9. The molecule has 160 valence electrons. The van der Waals surface area contributed by atoms with Crippen molar-refractivity contribution in [3.05, 3.63) is 95.8 Å². The summed E-state index contributed by atoms with van der Waals surface area (Å²) in [6, 6.07) is 22.2. The van der Waals surface area contributed by atoms with Gasteiger partial charge in [-0.2, -0.15) is 0 Å². The smallest absolute Gasteiger partial charge is 0.265 e. The molecule has 0 bridgehead atoms. The molecular weight excluding hydrogens is 395 g/mol. The van der Waals surface area contributed by atoms with Crippen LogP contribution in [0.1, 0.15) is 29.3 Å². The molecule has 0 unspecified atom stereocenters. The number of benzene rings is 3. The molecule has 31 heavy (non-hydrogen) atoms. The molecule has 0 heterocycles. The van der Waals surface area contributed by atoms with E-state index in [1.165, 1.54) is 24.3 Å². The fourth-order valence-electron chi connectivity index (χ4n) is 3.06. The molecule has 0 fully saturated rings. The Morgan fingerprint density at radius 2 is 1.61 bits per heavy atom. The molecule has 5 nitrogen and oxygen atoms in total. The molecule has 0 spiro atoms. The maximum absolute atomic E-state index is 13.1. The third-order valence-corrected chi connectivity index (χ3v) is 4.73. The van der Waals surface area contributed by atoms with Crippen molar-refractivity contribution in [2.75, 3.05) is 11.9 Å². The van der Waals surface area contributed by atoms with Crippen LogP contribution in [0.5, 0.6) is 5.75 Å². The van der Waals surface area contributed by atoms with Gasteiger partial charge in [-0.15, -0.1) is 0 Å². The van der Waals surface area contributed by atoms with Gasteiger partial charge in [0.1, 0.15) is 11.6 Å². The van der Waals surface area contributed by atoms with E-state index in [2.05, 4.69) is 10.6 Å². The summed E-state index contributed by atoms with van der Waals surface area (Å²) in [7, 11) is 0. The molecule has 3 rings (SSSR count). The summed E-state index contributed by atoms with van der Waals surface area (Å²) in [6.45, 7) is 2.30. The van der Waals surface area contributed by atoms with Gasteiger partial charge in [-0.05, 0) is 54.8 Å². The van der Waals surface area contributed by atoms with Gasteiger partial charge in [-0.1, -0.05) is 49.4 Å². The number of carbonyl (C=O) groups is 2. The predicted molar refractivity (Wildman–Crippen MR) is 119 cm³/mol. The minimum absolute atomic E-state index is 0.265. The molecule has 6 heteroatoms. The van der Waals surface area contributed by atoms with Crippen LogP contribution in [0.2, 0.25) is 0 Å². The van der Waals surface area contributed by atoms with Crippen molar-refractivity contribution in [2.45, 2.75) is 25.9 Å². The van der Waals surface area contributed by atoms with Gasteiger partial charge in [0.05, 0.1) is 11.3 Å². The lowest BCUT2D eigenvalue weighted by atomic mass is 10.1. The third kappa shape index (κ3) is 6.40. The molecule has 0 aliphatic rings. The van der Waals surface area contributed by atoms with E-state index in [0.29, 0.717) is 36.4 Å². The average Bonchev–Trinajstić information content (AvgIpc) is 2.79. The van der Waals surface area contributed by atoms with Gasteiger partial charge in [0.15, 0.2) is 6.10 Å². The molecule has 0 radical (unpaired) electrons. The fraction of sp³-hybridized carbons (Fsp3) is 0.200. The first-order chi connectivity index (χ1) is 15.1. The zero-order valence-electron chi connectivity index (χ0n) is 17.3.